The first-order valence-corrected chi connectivity index (χ1v) is 8.61. The molecule has 0 unspecified atom stereocenters. The molecule has 2 heterocycles. The molecule has 2 aliphatic rings. The third-order valence-corrected chi connectivity index (χ3v) is 4.32. The van der Waals surface area contributed by atoms with Crippen molar-refractivity contribution in [3.05, 3.63) is 42.4 Å². The van der Waals surface area contributed by atoms with Crippen LogP contribution in [0.25, 0.3) is 0 Å². The van der Waals surface area contributed by atoms with Crippen LogP contribution in [0.2, 0.25) is 0 Å². The fourth-order valence-corrected chi connectivity index (χ4v) is 2.80. The summed E-state index contributed by atoms with van der Waals surface area (Å²) >= 11 is 0. The molecular weight excluding hydrogens is 318 g/mol. The van der Waals surface area contributed by atoms with Gasteiger partial charge in [-0.2, -0.15) is 0 Å². The average molecular weight is 339 g/mol. The summed E-state index contributed by atoms with van der Waals surface area (Å²) in [5, 5.41) is 6.21. The molecule has 0 spiro atoms. The van der Waals surface area contributed by atoms with Crippen molar-refractivity contribution >= 4 is 23.1 Å². The van der Waals surface area contributed by atoms with E-state index < -0.39 is 0 Å². The molecule has 1 aromatic carbocycles. The number of ether oxygens (including phenoxy) is 1. The van der Waals surface area contributed by atoms with Crippen LogP contribution in [0.5, 0.6) is 0 Å². The minimum Gasteiger partial charge on any atom is -0.378 e. The van der Waals surface area contributed by atoms with E-state index in [1.807, 2.05) is 24.3 Å². The van der Waals surface area contributed by atoms with Crippen LogP contribution in [-0.4, -0.2) is 48.2 Å². The minimum absolute atomic E-state index is 0.258. The van der Waals surface area contributed by atoms with Gasteiger partial charge in [0.05, 0.1) is 37.0 Å². The molecule has 1 aliphatic carbocycles. The second-order valence-corrected chi connectivity index (χ2v) is 6.28. The highest BCUT2D eigenvalue weighted by Crippen LogP contribution is 2.27. The maximum Gasteiger partial charge on any atom is 0.275 e. The Balaban J connectivity index is 1.46. The molecule has 2 fully saturated rings. The first-order valence-electron chi connectivity index (χ1n) is 8.61. The van der Waals surface area contributed by atoms with Crippen LogP contribution in [0.15, 0.2) is 36.7 Å². The van der Waals surface area contributed by atoms with E-state index in [1.165, 1.54) is 19.0 Å². The first kappa shape index (κ1) is 15.8. The maximum atomic E-state index is 12.5. The monoisotopic (exact) mass is 339 g/mol. The molecule has 1 aliphatic heterocycles. The Kier molecular flexibility index (Phi) is 4.47. The minimum atomic E-state index is -0.258. The topological polar surface area (TPSA) is 79.4 Å². The van der Waals surface area contributed by atoms with Gasteiger partial charge in [0, 0.05) is 19.1 Å². The van der Waals surface area contributed by atoms with Gasteiger partial charge in [0.2, 0.25) is 0 Å². The number of anilines is 3. The highest BCUT2D eigenvalue weighted by molar-refractivity contribution is 6.04. The summed E-state index contributed by atoms with van der Waals surface area (Å²) in [6, 6.07) is 8.30. The summed E-state index contributed by atoms with van der Waals surface area (Å²) in [5.41, 5.74) is 2.08. The van der Waals surface area contributed by atoms with Crippen molar-refractivity contribution in [3.63, 3.8) is 0 Å². The molecule has 7 heteroatoms. The molecule has 1 aromatic heterocycles. The molecule has 0 bridgehead atoms. The second kappa shape index (κ2) is 7.06. The Bertz CT molecular complexity index is 739. The molecule has 4 rings (SSSR count). The van der Waals surface area contributed by atoms with Crippen LogP contribution in [0.4, 0.5) is 17.2 Å². The van der Waals surface area contributed by atoms with Crippen LogP contribution in [0.3, 0.4) is 0 Å². The predicted molar refractivity (Wildman–Crippen MR) is 96.1 cm³/mol. The molecule has 0 atom stereocenters. The van der Waals surface area contributed by atoms with Crippen molar-refractivity contribution in [3.8, 4) is 0 Å². The summed E-state index contributed by atoms with van der Waals surface area (Å²) in [5.74, 6) is 0.457. The number of nitrogens with zero attached hydrogens (tertiary/aromatic N) is 3. The van der Waals surface area contributed by atoms with Gasteiger partial charge in [-0.05, 0) is 25.0 Å². The SMILES string of the molecule is O=C(Nc1ccccc1N1CCOCC1)c1cnc(NC2CC2)cn1. The third kappa shape index (κ3) is 3.88. The molecule has 0 radical (unpaired) electrons. The van der Waals surface area contributed by atoms with E-state index in [1.54, 1.807) is 6.20 Å². The Labute approximate surface area is 146 Å². The third-order valence-electron chi connectivity index (χ3n) is 4.32. The lowest BCUT2D eigenvalue weighted by Gasteiger charge is -2.30. The number of nitrogens with one attached hydrogen (secondary N) is 2. The number of rotatable bonds is 5. The van der Waals surface area contributed by atoms with Crippen molar-refractivity contribution < 1.29 is 9.53 Å². The van der Waals surface area contributed by atoms with Gasteiger partial charge in [-0.1, -0.05) is 12.1 Å². The Hall–Kier alpha value is -2.67. The van der Waals surface area contributed by atoms with E-state index in [2.05, 4.69) is 25.5 Å². The van der Waals surface area contributed by atoms with E-state index in [4.69, 9.17) is 4.74 Å². The van der Waals surface area contributed by atoms with E-state index in [9.17, 15) is 4.79 Å². The highest BCUT2D eigenvalue weighted by Gasteiger charge is 2.21. The number of para-hydroxylation sites is 2. The van der Waals surface area contributed by atoms with Gasteiger partial charge in [0.1, 0.15) is 11.5 Å². The first-order chi connectivity index (χ1) is 12.3. The molecule has 2 N–H and O–H groups in total. The van der Waals surface area contributed by atoms with E-state index in [0.717, 1.165) is 24.5 Å². The average Bonchev–Trinajstić information content (AvgIpc) is 3.47. The van der Waals surface area contributed by atoms with Crippen molar-refractivity contribution in [1.29, 1.82) is 0 Å². The van der Waals surface area contributed by atoms with Crippen LogP contribution in [0, 0.1) is 0 Å². The van der Waals surface area contributed by atoms with Gasteiger partial charge in [0.25, 0.3) is 5.91 Å². The van der Waals surface area contributed by atoms with Gasteiger partial charge in [0.15, 0.2) is 0 Å². The number of hydrogen-bond acceptors (Lipinski definition) is 6. The van der Waals surface area contributed by atoms with E-state index >= 15 is 0 Å². The number of amides is 1. The highest BCUT2D eigenvalue weighted by atomic mass is 16.5. The smallest absolute Gasteiger partial charge is 0.275 e. The van der Waals surface area contributed by atoms with Gasteiger partial charge < -0.3 is 20.3 Å². The fourth-order valence-electron chi connectivity index (χ4n) is 2.80. The fraction of sp³-hybridized carbons (Fsp3) is 0.389. The van der Waals surface area contributed by atoms with Crippen molar-refractivity contribution in [1.82, 2.24) is 9.97 Å². The van der Waals surface area contributed by atoms with Crippen LogP contribution < -0.4 is 15.5 Å². The lowest BCUT2D eigenvalue weighted by atomic mass is 10.2. The zero-order valence-electron chi connectivity index (χ0n) is 13.9. The Morgan fingerprint density at radius 1 is 1.12 bits per heavy atom. The quantitative estimate of drug-likeness (QED) is 0.869. The standard InChI is InChI=1S/C18H21N5O2/c24-18(15-11-20-17(12-19-15)21-13-5-6-13)22-14-3-1-2-4-16(14)23-7-9-25-10-8-23/h1-4,11-13H,5-10H2,(H,20,21)(H,22,24). The number of carbonyl (C=O) groups excluding carboxylic acids is 1. The lowest BCUT2D eigenvalue weighted by Crippen LogP contribution is -2.36. The van der Waals surface area contributed by atoms with Gasteiger partial charge in [-0.15, -0.1) is 0 Å². The van der Waals surface area contributed by atoms with E-state index in [0.29, 0.717) is 30.8 Å². The molecule has 130 valence electrons. The lowest BCUT2D eigenvalue weighted by molar-refractivity contribution is 0.102. The predicted octanol–water partition coefficient (Wildman–Crippen LogP) is 2.14. The molecule has 1 amide bonds. The molecule has 7 nitrogen and oxygen atoms in total. The van der Waals surface area contributed by atoms with Gasteiger partial charge >= 0.3 is 0 Å². The number of morpholine rings is 1. The Morgan fingerprint density at radius 2 is 1.92 bits per heavy atom. The summed E-state index contributed by atoms with van der Waals surface area (Å²) in [6.07, 6.45) is 5.46. The molecule has 1 saturated carbocycles. The van der Waals surface area contributed by atoms with Crippen LogP contribution in [0.1, 0.15) is 23.3 Å². The molecular formula is C18H21N5O2. The van der Waals surface area contributed by atoms with E-state index in [-0.39, 0.29) is 5.91 Å². The zero-order valence-corrected chi connectivity index (χ0v) is 13.9. The van der Waals surface area contributed by atoms with Crippen molar-refractivity contribution in [2.45, 2.75) is 18.9 Å². The summed E-state index contributed by atoms with van der Waals surface area (Å²) in [4.78, 5) is 23.2. The van der Waals surface area contributed by atoms with Gasteiger partial charge in [-0.25, -0.2) is 9.97 Å². The summed E-state index contributed by atoms with van der Waals surface area (Å²) in [7, 11) is 0. The van der Waals surface area contributed by atoms with Crippen LogP contribution >= 0.6 is 0 Å². The number of benzene rings is 1. The molecule has 25 heavy (non-hydrogen) atoms. The summed E-state index contributed by atoms with van der Waals surface area (Å²) < 4.78 is 5.40. The molecule has 1 saturated heterocycles. The van der Waals surface area contributed by atoms with Gasteiger partial charge in [-0.3, -0.25) is 4.79 Å². The zero-order chi connectivity index (χ0) is 17.1. The maximum absolute atomic E-state index is 12.5. The number of hydrogen-bond donors (Lipinski definition) is 2. The normalized spacial score (nSPS) is 17.2. The Morgan fingerprint density at radius 3 is 2.64 bits per heavy atom. The van der Waals surface area contributed by atoms with Crippen LogP contribution in [-0.2, 0) is 4.74 Å². The number of carbonyl (C=O) groups is 1. The van der Waals surface area contributed by atoms with Crippen molar-refractivity contribution in [2.75, 3.05) is 41.8 Å². The van der Waals surface area contributed by atoms with Crippen molar-refractivity contribution in [2.24, 2.45) is 0 Å². The summed E-state index contributed by atoms with van der Waals surface area (Å²) in [6.45, 7) is 3.02. The largest absolute Gasteiger partial charge is 0.378 e. The second-order valence-electron chi connectivity index (χ2n) is 6.28. The molecule has 2 aromatic rings. The number of aromatic nitrogens is 2.